The van der Waals surface area contributed by atoms with E-state index in [9.17, 15) is 27.2 Å². The smallest absolute Gasteiger partial charge is 0.161 e. The summed E-state index contributed by atoms with van der Waals surface area (Å²) < 4.78 is 55.4. The highest BCUT2D eigenvalue weighted by molar-refractivity contribution is 5.97. The minimum atomic E-state index is -0.308. The van der Waals surface area contributed by atoms with E-state index >= 15 is 0 Å². The molecule has 0 aliphatic rings. The van der Waals surface area contributed by atoms with Crippen LogP contribution in [0.1, 0.15) is 178 Å². The minimum absolute atomic E-state index is 0.000944. The molecule has 0 amide bonds. The number of benzene rings is 4. The minimum Gasteiger partial charge on any atom is -0.362 e. The first-order chi connectivity index (χ1) is 36.8. The van der Waals surface area contributed by atoms with Gasteiger partial charge in [0.2, 0.25) is 0 Å². The highest BCUT2D eigenvalue weighted by atomic mass is 19.1. The lowest BCUT2D eigenvalue weighted by Crippen LogP contribution is -2.09. The molecule has 6 N–H and O–H groups in total. The summed E-state index contributed by atoms with van der Waals surface area (Å²) in [5.41, 5.74) is 20.6. The molecule has 0 bridgehead atoms. The standard InChI is InChI=1S/C34H35F2N3O.C31H29F2N3O/c1-7-27-18(2)33(37-20(27)4)31(23-8-12-25(35)13-9-23)28-16-17-29(39-28)32(24-10-14-26(36)15-11-24)34-19(3)30(22(6)40)21(5)38-34;1-17-5-14-25(34-17)29(21-6-10-23(32)11-7-21)26-15-16-27(36-26)30(22-8-12-24(33)13-9-22)31-18(2)28(20(4)37)19(3)35-31/h8-17,31-32,37-39H,7H2,1-6H3;5-16,29-30,34-36H,1-4H3. The molecule has 394 valence electrons. The third kappa shape index (κ3) is 10.7. The van der Waals surface area contributed by atoms with E-state index in [1.165, 1.54) is 59.7 Å². The van der Waals surface area contributed by atoms with Crippen LogP contribution in [0, 0.1) is 71.7 Å². The first kappa shape index (κ1) is 53.4. The van der Waals surface area contributed by atoms with Gasteiger partial charge in [0.15, 0.2) is 11.6 Å². The average Bonchev–Trinajstić information content (AvgIpc) is 4.28. The largest absolute Gasteiger partial charge is 0.362 e. The van der Waals surface area contributed by atoms with Gasteiger partial charge in [0, 0.05) is 79.5 Å². The normalized spacial score (nSPS) is 13.0. The Balaban J connectivity index is 0.000000188. The van der Waals surface area contributed by atoms with Crippen LogP contribution in [-0.4, -0.2) is 41.5 Å². The van der Waals surface area contributed by atoms with E-state index in [1.54, 1.807) is 50.2 Å². The first-order valence-electron chi connectivity index (χ1n) is 26.0. The van der Waals surface area contributed by atoms with Gasteiger partial charge in [-0.1, -0.05) is 55.5 Å². The third-order valence-corrected chi connectivity index (χ3v) is 15.2. The number of aromatic amines is 6. The Morgan fingerprint density at radius 1 is 0.364 bits per heavy atom. The lowest BCUT2D eigenvalue weighted by Gasteiger charge is -2.20. The van der Waals surface area contributed by atoms with Gasteiger partial charge < -0.3 is 29.9 Å². The molecule has 0 spiro atoms. The predicted molar refractivity (Wildman–Crippen MR) is 297 cm³/mol. The van der Waals surface area contributed by atoms with Gasteiger partial charge in [0.05, 0.1) is 23.7 Å². The molecule has 12 heteroatoms. The molecular formula is C65H64F4N6O2. The lowest BCUT2D eigenvalue weighted by atomic mass is 9.89. The summed E-state index contributed by atoms with van der Waals surface area (Å²) in [6.45, 7) is 19.2. The maximum absolute atomic E-state index is 13.9. The second kappa shape index (κ2) is 22.1. The molecule has 0 fully saturated rings. The average molecular weight is 1040 g/mol. The van der Waals surface area contributed by atoms with Crippen molar-refractivity contribution in [3.8, 4) is 0 Å². The van der Waals surface area contributed by atoms with Gasteiger partial charge >= 0.3 is 0 Å². The van der Waals surface area contributed by atoms with Crippen molar-refractivity contribution in [3.05, 3.63) is 281 Å². The Bertz CT molecular complexity index is 3710. The highest BCUT2D eigenvalue weighted by Crippen LogP contribution is 2.41. The summed E-state index contributed by atoms with van der Waals surface area (Å²) in [7, 11) is 0. The zero-order chi connectivity index (χ0) is 55.0. The number of aromatic nitrogens is 6. The van der Waals surface area contributed by atoms with E-state index in [-0.39, 0.29) is 58.5 Å². The number of carbonyl (C=O) groups excluding carboxylic acids is 2. The maximum atomic E-state index is 13.9. The summed E-state index contributed by atoms with van der Waals surface area (Å²) >= 11 is 0. The van der Waals surface area contributed by atoms with Crippen molar-refractivity contribution in [1.82, 2.24) is 29.9 Å². The van der Waals surface area contributed by atoms with Crippen molar-refractivity contribution in [2.45, 2.75) is 99.3 Å². The van der Waals surface area contributed by atoms with Crippen LogP contribution in [0.3, 0.4) is 0 Å². The maximum Gasteiger partial charge on any atom is 0.161 e. The number of ketones is 2. The third-order valence-electron chi connectivity index (χ3n) is 15.2. The van der Waals surface area contributed by atoms with Crippen molar-refractivity contribution >= 4 is 11.6 Å². The number of Topliss-reactive ketones (excluding diaryl/α,β-unsaturated/α-hetero) is 2. The number of halogens is 4. The van der Waals surface area contributed by atoms with E-state index in [0.29, 0.717) is 11.1 Å². The highest BCUT2D eigenvalue weighted by Gasteiger charge is 2.31. The van der Waals surface area contributed by atoms with E-state index in [1.807, 2.05) is 71.0 Å². The molecule has 77 heavy (non-hydrogen) atoms. The van der Waals surface area contributed by atoms with E-state index in [2.05, 4.69) is 62.8 Å². The van der Waals surface area contributed by atoms with Crippen molar-refractivity contribution in [2.24, 2.45) is 0 Å². The lowest BCUT2D eigenvalue weighted by molar-refractivity contribution is 0.100. The van der Waals surface area contributed by atoms with Crippen LogP contribution in [0.5, 0.6) is 0 Å². The molecule has 10 rings (SSSR count). The monoisotopic (exact) mass is 1040 g/mol. The fourth-order valence-electron chi connectivity index (χ4n) is 11.7. The summed E-state index contributed by atoms with van der Waals surface area (Å²) in [4.78, 5) is 46.1. The van der Waals surface area contributed by atoms with E-state index < -0.39 is 0 Å². The molecule has 0 radical (unpaired) electrons. The van der Waals surface area contributed by atoms with Gasteiger partial charge in [0.1, 0.15) is 23.3 Å². The van der Waals surface area contributed by atoms with Crippen molar-refractivity contribution in [2.75, 3.05) is 0 Å². The van der Waals surface area contributed by atoms with Crippen LogP contribution in [0.15, 0.2) is 133 Å². The van der Waals surface area contributed by atoms with Crippen molar-refractivity contribution in [1.29, 1.82) is 0 Å². The van der Waals surface area contributed by atoms with Gasteiger partial charge in [-0.15, -0.1) is 0 Å². The van der Waals surface area contributed by atoms with Crippen LogP contribution in [0.4, 0.5) is 17.6 Å². The van der Waals surface area contributed by atoms with Gasteiger partial charge in [-0.3, -0.25) is 9.59 Å². The van der Waals surface area contributed by atoms with Crippen LogP contribution in [-0.2, 0) is 6.42 Å². The quantitative estimate of drug-likeness (QED) is 0.0452. The fraction of sp³-hybridized carbons (Fsp3) is 0.231. The number of rotatable bonds is 15. The molecule has 4 aromatic carbocycles. The Morgan fingerprint density at radius 3 is 0.935 bits per heavy atom. The van der Waals surface area contributed by atoms with Crippen LogP contribution in [0.25, 0.3) is 0 Å². The molecule has 0 aliphatic carbocycles. The molecule has 0 saturated heterocycles. The molecular weight excluding hydrogens is 973 g/mol. The number of aryl methyl sites for hydroxylation is 4. The second-order valence-corrected chi connectivity index (χ2v) is 20.3. The predicted octanol–water partition coefficient (Wildman–Crippen LogP) is 15.7. The topological polar surface area (TPSA) is 129 Å². The molecule has 0 saturated carbocycles. The van der Waals surface area contributed by atoms with Crippen LogP contribution < -0.4 is 0 Å². The SMILES string of the molecule is CC(=O)c1c(C)[nH]c(C(c2ccc(F)cc2)c2ccc(C(c3ccc(F)cc3)c3ccc(C)[nH]3)[nH]2)c1C.CCc1c(C)[nH]c(C(c2ccc(F)cc2)c2ccc(C(c3ccc(F)cc3)c3[nH]c(C)c(C(C)=O)c3C)[nH]2)c1C. The molecule has 6 heterocycles. The number of carbonyl (C=O) groups is 2. The van der Waals surface area contributed by atoms with Crippen molar-refractivity contribution < 1.29 is 27.2 Å². The molecule has 10 aromatic rings. The zero-order valence-corrected chi connectivity index (χ0v) is 45.0. The number of hydrogen-bond acceptors (Lipinski definition) is 2. The molecule has 6 aromatic heterocycles. The Kier molecular flexibility index (Phi) is 15.3. The summed E-state index contributed by atoms with van der Waals surface area (Å²) in [6.07, 6.45) is 0.914. The number of H-pyrrole nitrogens is 6. The first-order valence-corrected chi connectivity index (χ1v) is 26.0. The molecule has 0 aliphatic heterocycles. The summed E-state index contributed by atoms with van der Waals surface area (Å²) in [5.74, 6) is -2.09. The van der Waals surface area contributed by atoms with Crippen LogP contribution in [0.2, 0.25) is 0 Å². The summed E-state index contributed by atoms with van der Waals surface area (Å²) in [6, 6.07) is 38.4. The fourth-order valence-corrected chi connectivity index (χ4v) is 11.7. The Hall–Kier alpha value is -8.38. The number of hydrogen-bond donors (Lipinski definition) is 6. The van der Waals surface area contributed by atoms with Gasteiger partial charge in [0.25, 0.3) is 0 Å². The van der Waals surface area contributed by atoms with Gasteiger partial charge in [-0.2, -0.15) is 0 Å². The molecule has 4 atom stereocenters. The summed E-state index contributed by atoms with van der Waals surface area (Å²) in [5, 5.41) is 0. The van der Waals surface area contributed by atoms with E-state index in [4.69, 9.17) is 0 Å². The van der Waals surface area contributed by atoms with Crippen LogP contribution >= 0.6 is 0 Å². The molecule has 4 unspecified atom stereocenters. The van der Waals surface area contributed by atoms with Gasteiger partial charge in [-0.25, -0.2) is 17.6 Å². The molecule has 8 nitrogen and oxygen atoms in total. The second-order valence-electron chi connectivity index (χ2n) is 20.3. The van der Waals surface area contributed by atoms with E-state index in [0.717, 1.165) is 108 Å². The van der Waals surface area contributed by atoms with Gasteiger partial charge in [-0.05, 0) is 198 Å². The van der Waals surface area contributed by atoms with Crippen molar-refractivity contribution in [3.63, 3.8) is 0 Å². The number of nitrogens with one attached hydrogen (secondary N) is 6. The Labute approximate surface area is 446 Å². The Morgan fingerprint density at radius 2 is 0.649 bits per heavy atom. The zero-order valence-electron chi connectivity index (χ0n) is 45.0.